The monoisotopic (exact) mass is 231 g/mol. The Balaban J connectivity index is 2.41. The summed E-state index contributed by atoms with van der Waals surface area (Å²) in [6.07, 6.45) is 0.841. The molecule has 0 spiro atoms. The molecule has 3 nitrogen and oxygen atoms in total. The molecule has 1 unspecified atom stereocenters. The molecular weight excluding hydrogens is 214 g/mol. The number of phenolic OH excluding ortho intramolecular Hbond substituents is 1. The molecule has 1 aliphatic heterocycles. The number of hydrogen-bond donors (Lipinski definition) is 1. The minimum Gasteiger partial charge on any atom is -0.507 e. The standard InChI is InChI=1S/C14H17NO2/c1-8(2)13-6-10-5-11(9(3)15-4)12(16)7-14(10)17-13/h5,7,13,16H,1,6H2,2-4H3. The molecule has 90 valence electrons. The molecule has 1 heterocycles. The molecule has 0 amide bonds. The van der Waals surface area contributed by atoms with Crippen molar-refractivity contribution in [2.24, 2.45) is 4.99 Å². The second-order valence-corrected chi connectivity index (χ2v) is 4.44. The highest BCUT2D eigenvalue weighted by Crippen LogP contribution is 2.36. The number of fused-ring (bicyclic) bond motifs is 1. The second kappa shape index (κ2) is 4.24. The van der Waals surface area contributed by atoms with Gasteiger partial charge >= 0.3 is 0 Å². The molecule has 0 aliphatic carbocycles. The summed E-state index contributed by atoms with van der Waals surface area (Å²) >= 11 is 0. The third-order valence-electron chi connectivity index (χ3n) is 3.13. The van der Waals surface area contributed by atoms with Crippen molar-refractivity contribution in [1.82, 2.24) is 0 Å². The maximum absolute atomic E-state index is 9.92. The molecule has 17 heavy (non-hydrogen) atoms. The highest BCUT2D eigenvalue weighted by Gasteiger charge is 2.25. The van der Waals surface area contributed by atoms with Crippen LogP contribution in [0.2, 0.25) is 0 Å². The van der Waals surface area contributed by atoms with Gasteiger partial charge in [0.05, 0.1) is 0 Å². The summed E-state index contributed by atoms with van der Waals surface area (Å²) in [5.74, 6) is 0.970. The van der Waals surface area contributed by atoms with Crippen molar-refractivity contribution in [3.05, 3.63) is 35.4 Å². The van der Waals surface area contributed by atoms with Gasteiger partial charge in [-0.25, -0.2) is 0 Å². The van der Waals surface area contributed by atoms with Crippen LogP contribution in [0.5, 0.6) is 11.5 Å². The van der Waals surface area contributed by atoms with Gasteiger partial charge in [0.25, 0.3) is 0 Å². The van der Waals surface area contributed by atoms with Crippen LogP contribution >= 0.6 is 0 Å². The molecule has 0 bridgehead atoms. The maximum Gasteiger partial charge on any atom is 0.128 e. The molecule has 0 fully saturated rings. The van der Waals surface area contributed by atoms with E-state index < -0.39 is 0 Å². The van der Waals surface area contributed by atoms with Crippen LogP contribution < -0.4 is 4.74 Å². The summed E-state index contributed by atoms with van der Waals surface area (Å²) in [6, 6.07) is 3.62. The SMILES string of the molecule is C=C(C)C1Cc2cc(C(C)=NC)c(O)cc2O1. The summed E-state index contributed by atoms with van der Waals surface area (Å²) in [6.45, 7) is 7.74. The third-order valence-corrected chi connectivity index (χ3v) is 3.13. The van der Waals surface area contributed by atoms with E-state index in [4.69, 9.17) is 4.74 Å². The van der Waals surface area contributed by atoms with Gasteiger partial charge in [-0.2, -0.15) is 0 Å². The van der Waals surface area contributed by atoms with Crippen molar-refractivity contribution < 1.29 is 9.84 Å². The van der Waals surface area contributed by atoms with Crippen molar-refractivity contribution in [2.45, 2.75) is 26.4 Å². The normalized spacial score (nSPS) is 18.8. The first-order valence-corrected chi connectivity index (χ1v) is 5.64. The van der Waals surface area contributed by atoms with E-state index in [-0.39, 0.29) is 11.9 Å². The van der Waals surface area contributed by atoms with E-state index in [0.717, 1.165) is 34.6 Å². The zero-order chi connectivity index (χ0) is 12.6. The van der Waals surface area contributed by atoms with Gasteiger partial charge in [0.15, 0.2) is 0 Å². The van der Waals surface area contributed by atoms with Crippen molar-refractivity contribution in [1.29, 1.82) is 0 Å². The maximum atomic E-state index is 9.92. The van der Waals surface area contributed by atoms with Crippen LogP contribution in [-0.2, 0) is 6.42 Å². The van der Waals surface area contributed by atoms with Crippen LogP contribution in [0.3, 0.4) is 0 Å². The Morgan fingerprint density at radius 2 is 2.18 bits per heavy atom. The fourth-order valence-electron chi connectivity index (χ4n) is 1.96. The molecule has 1 aromatic rings. The smallest absolute Gasteiger partial charge is 0.128 e. The summed E-state index contributed by atoms with van der Waals surface area (Å²) in [5.41, 5.74) is 3.71. The summed E-state index contributed by atoms with van der Waals surface area (Å²) in [7, 11) is 1.72. The Kier molecular flexibility index (Phi) is 2.92. The topological polar surface area (TPSA) is 41.8 Å². The van der Waals surface area contributed by atoms with Crippen LogP contribution in [0.1, 0.15) is 25.0 Å². The molecule has 3 heteroatoms. The molecule has 0 saturated carbocycles. The molecule has 0 aromatic heterocycles. The highest BCUT2D eigenvalue weighted by molar-refractivity contribution is 6.01. The fraction of sp³-hybridized carbons (Fsp3) is 0.357. The quantitative estimate of drug-likeness (QED) is 0.628. The number of aliphatic imine (C=N–C) groups is 1. The minimum atomic E-state index is 0.0264. The zero-order valence-electron chi connectivity index (χ0n) is 10.4. The van der Waals surface area contributed by atoms with Gasteiger partial charge in [0.1, 0.15) is 17.6 Å². The van der Waals surface area contributed by atoms with E-state index in [2.05, 4.69) is 11.6 Å². The first kappa shape index (κ1) is 11.7. The van der Waals surface area contributed by atoms with Crippen LogP contribution in [0, 0.1) is 0 Å². The molecule has 1 aromatic carbocycles. The molecular formula is C14H17NO2. The van der Waals surface area contributed by atoms with Gasteiger partial charge in [0.2, 0.25) is 0 Å². The third kappa shape index (κ3) is 2.05. The van der Waals surface area contributed by atoms with E-state index >= 15 is 0 Å². The van der Waals surface area contributed by atoms with Crippen molar-refractivity contribution in [3.8, 4) is 11.5 Å². The van der Waals surface area contributed by atoms with Gasteiger partial charge in [-0.15, -0.1) is 0 Å². The second-order valence-electron chi connectivity index (χ2n) is 4.44. The first-order chi connectivity index (χ1) is 8.02. The van der Waals surface area contributed by atoms with Gasteiger partial charge in [0, 0.05) is 30.8 Å². The summed E-state index contributed by atoms with van der Waals surface area (Å²) in [5, 5.41) is 9.92. The van der Waals surface area contributed by atoms with Crippen molar-refractivity contribution in [2.75, 3.05) is 7.05 Å². The average molecular weight is 231 g/mol. The Morgan fingerprint density at radius 1 is 1.47 bits per heavy atom. The van der Waals surface area contributed by atoms with E-state index in [1.54, 1.807) is 13.1 Å². The number of benzene rings is 1. The van der Waals surface area contributed by atoms with E-state index in [9.17, 15) is 5.11 Å². The van der Waals surface area contributed by atoms with Gasteiger partial charge in [-0.3, -0.25) is 4.99 Å². The van der Waals surface area contributed by atoms with E-state index in [1.807, 2.05) is 19.9 Å². The van der Waals surface area contributed by atoms with Crippen molar-refractivity contribution in [3.63, 3.8) is 0 Å². The predicted molar refractivity (Wildman–Crippen MR) is 69.2 cm³/mol. The van der Waals surface area contributed by atoms with Crippen molar-refractivity contribution >= 4 is 5.71 Å². The van der Waals surface area contributed by atoms with E-state index in [0.29, 0.717) is 0 Å². The Hall–Kier alpha value is -1.77. The first-order valence-electron chi connectivity index (χ1n) is 5.64. The number of phenols is 1. The van der Waals surface area contributed by atoms with E-state index in [1.165, 1.54) is 0 Å². The van der Waals surface area contributed by atoms with Gasteiger partial charge < -0.3 is 9.84 Å². The molecule has 1 aliphatic rings. The lowest BCUT2D eigenvalue weighted by Crippen LogP contribution is -2.13. The minimum absolute atomic E-state index is 0.0264. The molecule has 1 atom stereocenters. The lowest BCUT2D eigenvalue weighted by atomic mass is 10.0. The zero-order valence-corrected chi connectivity index (χ0v) is 10.4. The lowest BCUT2D eigenvalue weighted by molar-refractivity contribution is 0.270. The number of aromatic hydroxyl groups is 1. The summed E-state index contributed by atoms with van der Waals surface area (Å²) < 4.78 is 5.72. The molecule has 0 radical (unpaired) electrons. The lowest BCUT2D eigenvalue weighted by Gasteiger charge is -2.09. The Labute approximate surface area is 101 Å². The van der Waals surface area contributed by atoms with Gasteiger partial charge in [-0.05, 0) is 31.1 Å². The van der Waals surface area contributed by atoms with Crippen LogP contribution in [0.4, 0.5) is 0 Å². The number of hydrogen-bond acceptors (Lipinski definition) is 3. The largest absolute Gasteiger partial charge is 0.507 e. The Bertz CT molecular complexity index is 503. The fourth-order valence-corrected chi connectivity index (χ4v) is 1.96. The molecule has 2 rings (SSSR count). The number of nitrogens with zero attached hydrogens (tertiary/aromatic N) is 1. The number of ether oxygens (including phenoxy) is 1. The average Bonchev–Trinajstić information content (AvgIpc) is 2.69. The number of rotatable bonds is 2. The predicted octanol–water partition coefficient (Wildman–Crippen LogP) is 2.71. The molecule has 1 N–H and O–H groups in total. The van der Waals surface area contributed by atoms with Gasteiger partial charge in [-0.1, -0.05) is 6.58 Å². The van der Waals surface area contributed by atoms with Crippen LogP contribution in [0.15, 0.2) is 29.3 Å². The highest BCUT2D eigenvalue weighted by atomic mass is 16.5. The van der Waals surface area contributed by atoms with Crippen LogP contribution in [0.25, 0.3) is 0 Å². The van der Waals surface area contributed by atoms with Crippen LogP contribution in [-0.4, -0.2) is 24.0 Å². The Morgan fingerprint density at radius 3 is 2.76 bits per heavy atom. The molecule has 0 saturated heterocycles. The summed E-state index contributed by atoms with van der Waals surface area (Å²) in [4.78, 5) is 4.10.